The molecule has 0 atom stereocenters. The smallest absolute Gasteiger partial charge is 0.407 e. The number of rotatable bonds is 5. The number of hydrogen-bond donors (Lipinski definition) is 3. The maximum absolute atomic E-state index is 12.0. The normalized spacial score (nSPS) is 22.7. The summed E-state index contributed by atoms with van der Waals surface area (Å²) in [5, 5.41) is 10.1. The molecule has 0 saturated heterocycles. The van der Waals surface area contributed by atoms with Crippen LogP contribution in [-0.4, -0.2) is 67.2 Å². The molecule has 9 heteroatoms. The van der Waals surface area contributed by atoms with Crippen LogP contribution in [0.4, 0.5) is 4.79 Å². The Balaban J connectivity index is 0.00000480. The van der Waals surface area contributed by atoms with Gasteiger partial charge in [-0.3, -0.25) is 4.79 Å². The molecule has 0 aromatic rings. The first-order chi connectivity index (χ1) is 14.1. The molecular weight excluding hydrogens is 509 g/mol. The van der Waals surface area contributed by atoms with Crippen molar-refractivity contribution in [1.82, 2.24) is 20.9 Å². The Labute approximate surface area is 204 Å². The van der Waals surface area contributed by atoms with Crippen LogP contribution in [0.15, 0.2) is 4.99 Å². The molecule has 2 rings (SSSR count). The van der Waals surface area contributed by atoms with Gasteiger partial charge in [0.15, 0.2) is 5.96 Å². The van der Waals surface area contributed by atoms with Crippen molar-refractivity contribution in [1.29, 1.82) is 0 Å². The van der Waals surface area contributed by atoms with Crippen LogP contribution in [0.2, 0.25) is 0 Å². The quantitative estimate of drug-likeness (QED) is 0.277. The molecular formula is C22H42IN5O3. The zero-order chi connectivity index (χ0) is 22.1. The van der Waals surface area contributed by atoms with Crippen LogP contribution < -0.4 is 16.0 Å². The molecule has 0 radical (unpaired) electrons. The lowest BCUT2D eigenvalue weighted by atomic mass is 9.91. The van der Waals surface area contributed by atoms with E-state index in [9.17, 15) is 9.59 Å². The summed E-state index contributed by atoms with van der Waals surface area (Å²) in [6.45, 7) is 5.75. The molecule has 0 aromatic carbocycles. The van der Waals surface area contributed by atoms with E-state index in [0.29, 0.717) is 6.04 Å². The fourth-order valence-electron chi connectivity index (χ4n) is 3.91. The Morgan fingerprint density at radius 1 is 0.871 bits per heavy atom. The van der Waals surface area contributed by atoms with Gasteiger partial charge in [0.1, 0.15) is 12.1 Å². The predicted octanol–water partition coefficient (Wildman–Crippen LogP) is 3.40. The second-order valence-electron chi connectivity index (χ2n) is 9.77. The Hall–Kier alpha value is -1.26. The average molecular weight is 552 g/mol. The number of ether oxygens (including phenoxy) is 1. The van der Waals surface area contributed by atoms with Crippen molar-refractivity contribution in [2.45, 2.75) is 102 Å². The lowest BCUT2D eigenvalue weighted by molar-refractivity contribution is -0.127. The highest BCUT2D eigenvalue weighted by molar-refractivity contribution is 14.0. The maximum atomic E-state index is 12.0. The Morgan fingerprint density at radius 2 is 1.35 bits per heavy atom. The zero-order valence-electron chi connectivity index (χ0n) is 19.8. The molecule has 0 heterocycles. The summed E-state index contributed by atoms with van der Waals surface area (Å²) in [6, 6.07) is 0.843. The van der Waals surface area contributed by atoms with E-state index >= 15 is 0 Å². The van der Waals surface area contributed by atoms with E-state index in [4.69, 9.17) is 4.74 Å². The van der Waals surface area contributed by atoms with E-state index < -0.39 is 5.60 Å². The second kappa shape index (κ2) is 13.3. The number of hydrogen-bond acceptors (Lipinski definition) is 4. The van der Waals surface area contributed by atoms with Crippen molar-refractivity contribution in [3.05, 3.63) is 0 Å². The Kier molecular flexibility index (Phi) is 11.9. The molecule has 2 amide bonds. The van der Waals surface area contributed by atoms with Crippen molar-refractivity contribution >= 4 is 41.9 Å². The fourth-order valence-corrected chi connectivity index (χ4v) is 3.91. The summed E-state index contributed by atoms with van der Waals surface area (Å²) in [5.41, 5.74) is -0.483. The van der Waals surface area contributed by atoms with E-state index in [1.54, 1.807) is 19.0 Å². The van der Waals surface area contributed by atoms with E-state index in [2.05, 4.69) is 20.9 Å². The molecule has 2 fully saturated rings. The third-order valence-corrected chi connectivity index (χ3v) is 5.61. The summed E-state index contributed by atoms with van der Waals surface area (Å²) in [5.74, 6) is 0.727. The van der Waals surface area contributed by atoms with Crippen molar-refractivity contribution in [2.24, 2.45) is 4.99 Å². The van der Waals surface area contributed by atoms with Crippen molar-refractivity contribution in [3.8, 4) is 0 Å². The molecule has 0 aliphatic heterocycles. The SMILES string of the molecule is CN(C)C(=O)CN=C(NC1CCCCC1)NC1CCC(NC(=O)OC(C)(C)C)CC1.I. The van der Waals surface area contributed by atoms with Gasteiger partial charge in [-0.25, -0.2) is 9.79 Å². The highest BCUT2D eigenvalue weighted by atomic mass is 127. The lowest BCUT2D eigenvalue weighted by Gasteiger charge is -2.32. The molecule has 2 aliphatic carbocycles. The van der Waals surface area contributed by atoms with Gasteiger partial charge in [-0.05, 0) is 59.3 Å². The number of carbonyl (C=O) groups excluding carboxylic acids is 2. The van der Waals surface area contributed by atoms with Gasteiger partial charge in [0.25, 0.3) is 0 Å². The van der Waals surface area contributed by atoms with Gasteiger partial charge in [-0.2, -0.15) is 0 Å². The summed E-state index contributed by atoms with van der Waals surface area (Å²) in [6.07, 6.45) is 9.39. The van der Waals surface area contributed by atoms with Crippen LogP contribution in [0.3, 0.4) is 0 Å². The first-order valence-electron chi connectivity index (χ1n) is 11.4. The fraction of sp³-hybridized carbons (Fsp3) is 0.864. The number of carbonyl (C=O) groups is 2. The monoisotopic (exact) mass is 551 g/mol. The van der Waals surface area contributed by atoms with Gasteiger partial charge in [-0.15, -0.1) is 24.0 Å². The van der Waals surface area contributed by atoms with Crippen LogP contribution in [0.5, 0.6) is 0 Å². The van der Waals surface area contributed by atoms with E-state index in [1.807, 2.05) is 20.8 Å². The highest BCUT2D eigenvalue weighted by Crippen LogP contribution is 2.20. The Bertz CT molecular complexity index is 592. The van der Waals surface area contributed by atoms with Crippen LogP contribution in [-0.2, 0) is 9.53 Å². The molecule has 8 nitrogen and oxygen atoms in total. The van der Waals surface area contributed by atoms with Gasteiger partial charge in [0.2, 0.25) is 5.91 Å². The van der Waals surface area contributed by atoms with E-state index in [-0.39, 0.29) is 54.6 Å². The number of guanidine groups is 1. The largest absolute Gasteiger partial charge is 0.444 e. The van der Waals surface area contributed by atoms with E-state index in [0.717, 1.165) is 44.5 Å². The van der Waals surface area contributed by atoms with Gasteiger partial charge in [0, 0.05) is 32.2 Å². The predicted molar refractivity (Wildman–Crippen MR) is 135 cm³/mol. The minimum Gasteiger partial charge on any atom is -0.444 e. The summed E-state index contributed by atoms with van der Waals surface area (Å²) < 4.78 is 5.36. The molecule has 0 unspecified atom stereocenters. The standard InChI is InChI=1S/C22H41N5O3.HI/c1-22(2,3)30-21(29)26-18-13-11-17(12-14-18)25-20(23-15-19(28)27(4)5)24-16-9-7-6-8-10-16;/h16-18H,6-15H2,1-5H3,(H,26,29)(H2,23,24,25);1H. The van der Waals surface area contributed by atoms with Gasteiger partial charge in [0.05, 0.1) is 0 Å². The number of likely N-dealkylation sites (N-methyl/N-ethyl adjacent to an activating group) is 1. The topological polar surface area (TPSA) is 95.1 Å². The number of amides is 2. The Morgan fingerprint density at radius 3 is 1.84 bits per heavy atom. The molecule has 0 bridgehead atoms. The maximum Gasteiger partial charge on any atom is 0.407 e. The minimum absolute atomic E-state index is 0. The van der Waals surface area contributed by atoms with Crippen LogP contribution in [0.25, 0.3) is 0 Å². The first-order valence-corrected chi connectivity index (χ1v) is 11.4. The van der Waals surface area contributed by atoms with Gasteiger partial charge in [-0.1, -0.05) is 19.3 Å². The molecule has 2 saturated carbocycles. The molecule has 31 heavy (non-hydrogen) atoms. The summed E-state index contributed by atoms with van der Waals surface area (Å²) >= 11 is 0. The molecule has 0 aromatic heterocycles. The van der Waals surface area contributed by atoms with Crippen molar-refractivity contribution in [2.75, 3.05) is 20.6 Å². The molecule has 180 valence electrons. The summed E-state index contributed by atoms with van der Waals surface area (Å²) in [4.78, 5) is 30.1. The first kappa shape index (κ1) is 27.8. The second-order valence-corrected chi connectivity index (χ2v) is 9.77. The number of aliphatic imine (C=N–C) groups is 1. The van der Waals surface area contributed by atoms with Crippen LogP contribution in [0, 0.1) is 0 Å². The number of alkyl carbamates (subject to hydrolysis) is 1. The third kappa shape index (κ3) is 11.2. The average Bonchev–Trinajstić information content (AvgIpc) is 2.66. The third-order valence-electron chi connectivity index (χ3n) is 5.61. The van der Waals surface area contributed by atoms with Crippen LogP contribution in [0.1, 0.15) is 78.6 Å². The number of halogens is 1. The number of nitrogens with zero attached hydrogens (tertiary/aromatic N) is 2. The summed E-state index contributed by atoms with van der Waals surface area (Å²) in [7, 11) is 3.50. The molecule has 0 spiro atoms. The van der Waals surface area contributed by atoms with Gasteiger partial charge < -0.3 is 25.6 Å². The molecule has 2 aliphatic rings. The zero-order valence-corrected chi connectivity index (χ0v) is 22.2. The van der Waals surface area contributed by atoms with Gasteiger partial charge >= 0.3 is 6.09 Å². The lowest BCUT2D eigenvalue weighted by Crippen LogP contribution is -2.50. The van der Waals surface area contributed by atoms with E-state index in [1.165, 1.54) is 19.3 Å². The molecule has 3 N–H and O–H groups in total. The van der Waals surface area contributed by atoms with Crippen LogP contribution >= 0.6 is 24.0 Å². The van der Waals surface area contributed by atoms with Crippen molar-refractivity contribution < 1.29 is 14.3 Å². The minimum atomic E-state index is -0.483. The highest BCUT2D eigenvalue weighted by Gasteiger charge is 2.26. The number of nitrogens with one attached hydrogen (secondary N) is 3. The van der Waals surface area contributed by atoms with Crippen molar-refractivity contribution in [3.63, 3.8) is 0 Å².